The summed E-state index contributed by atoms with van der Waals surface area (Å²) >= 11 is 0. The van der Waals surface area contributed by atoms with Crippen molar-refractivity contribution in [3.8, 4) is 11.1 Å². The van der Waals surface area contributed by atoms with Crippen molar-refractivity contribution in [3.63, 3.8) is 0 Å². The Morgan fingerprint density at radius 1 is 1.08 bits per heavy atom. The molecule has 2 atom stereocenters. The first-order chi connectivity index (χ1) is 18.1. The lowest BCUT2D eigenvalue weighted by Gasteiger charge is -2.41. The Balaban J connectivity index is 2.19. The Labute approximate surface area is 234 Å². The third-order valence-electron chi connectivity index (χ3n) is 7.12. The highest BCUT2D eigenvalue weighted by atomic mass is 19.1. The fourth-order valence-corrected chi connectivity index (χ4v) is 4.97. The summed E-state index contributed by atoms with van der Waals surface area (Å²) in [5.41, 5.74) is 4.13. The van der Waals surface area contributed by atoms with Crippen LogP contribution in [0, 0.1) is 18.3 Å². The third-order valence-corrected chi connectivity index (χ3v) is 7.12. The SMILES string of the molecule is Cc1ncc(-c2ccc(C(F)CC(C)C)nc2)c(N2CCC(C)(C)CC2)c1C(OC(C)(C)C)C(=O)OC(C)C. The molecular formula is C32H48FN3O3. The largest absolute Gasteiger partial charge is 0.461 e. The van der Waals surface area contributed by atoms with Crippen molar-refractivity contribution in [2.45, 2.75) is 112 Å². The van der Waals surface area contributed by atoms with Gasteiger partial charge in [-0.25, -0.2) is 9.18 Å². The van der Waals surface area contributed by atoms with Crippen LogP contribution >= 0.6 is 0 Å². The molecule has 0 bridgehead atoms. The molecule has 0 aromatic carbocycles. The number of ether oxygens (including phenoxy) is 2. The Bertz CT molecular complexity index is 1110. The van der Waals surface area contributed by atoms with Gasteiger partial charge in [0.15, 0.2) is 6.10 Å². The van der Waals surface area contributed by atoms with Crippen molar-refractivity contribution < 1.29 is 18.7 Å². The van der Waals surface area contributed by atoms with E-state index in [1.807, 2.05) is 67.7 Å². The number of aryl methyl sites for hydroxylation is 1. The number of rotatable bonds is 9. The van der Waals surface area contributed by atoms with E-state index in [0.29, 0.717) is 12.1 Å². The van der Waals surface area contributed by atoms with Crippen LogP contribution in [-0.2, 0) is 14.3 Å². The number of halogens is 1. The van der Waals surface area contributed by atoms with Crippen LogP contribution < -0.4 is 4.90 Å². The maximum Gasteiger partial charge on any atom is 0.340 e. The fourth-order valence-electron chi connectivity index (χ4n) is 4.97. The minimum Gasteiger partial charge on any atom is -0.461 e. The van der Waals surface area contributed by atoms with Crippen molar-refractivity contribution >= 4 is 11.7 Å². The van der Waals surface area contributed by atoms with Gasteiger partial charge in [0.1, 0.15) is 6.17 Å². The summed E-state index contributed by atoms with van der Waals surface area (Å²) in [6.45, 7) is 21.7. The maximum absolute atomic E-state index is 14.8. The van der Waals surface area contributed by atoms with Gasteiger partial charge in [-0.15, -0.1) is 0 Å². The van der Waals surface area contributed by atoms with Crippen molar-refractivity contribution in [2.24, 2.45) is 11.3 Å². The predicted octanol–water partition coefficient (Wildman–Crippen LogP) is 7.94. The summed E-state index contributed by atoms with van der Waals surface area (Å²) in [5, 5.41) is 0. The first-order valence-electron chi connectivity index (χ1n) is 14.3. The van der Waals surface area contributed by atoms with Gasteiger partial charge in [0, 0.05) is 47.9 Å². The average molecular weight is 542 g/mol. The van der Waals surface area contributed by atoms with E-state index in [4.69, 9.17) is 14.5 Å². The predicted molar refractivity (Wildman–Crippen MR) is 156 cm³/mol. The number of hydrogen-bond donors (Lipinski definition) is 0. The molecule has 7 heteroatoms. The van der Waals surface area contributed by atoms with Gasteiger partial charge >= 0.3 is 5.97 Å². The molecule has 0 saturated carbocycles. The molecule has 1 saturated heterocycles. The second-order valence-corrected chi connectivity index (χ2v) is 13.3. The summed E-state index contributed by atoms with van der Waals surface area (Å²) in [6.07, 6.45) is 3.70. The van der Waals surface area contributed by atoms with E-state index in [-0.39, 0.29) is 17.4 Å². The zero-order chi connectivity index (χ0) is 29.1. The Morgan fingerprint density at radius 3 is 2.23 bits per heavy atom. The highest BCUT2D eigenvalue weighted by molar-refractivity contribution is 5.87. The van der Waals surface area contributed by atoms with Crippen LogP contribution in [0.25, 0.3) is 11.1 Å². The normalized spacial score (nSPS) is 17.4. The molecule has 1 fully saturated rings. The number of esters is 1. The quantitative estimate of drug-likeness (QED) is 0.300. The molecule has 39 heavy (non-hydrogen) atoms. The van der Waals surface area contributed by atoms with E-state index in [0.717, 1.165) is 54.0 Å². The molecule has 6 nitrogen and oxygen atoms in total. The molecule has 1 aliphatic rings. The molecule has 1 aliphatic heterocycles. The van der Waals surface area contributed by atoms with E-state index >= 15 is 0 Å². The second-order valence-electron chi connectivity index (χ2n) is 13.3. The molecule has 2 aromatic rings. The smallest absolute Gasteiger partial charge is 0.340 e. The lowest BCUT2D eigenvalue weighted by atomic mass is 9.82. The van der Waals surface area contributed by atoms with Crippen LogP contribution in [0.2, 0.25) is 0 Å². The molecule has 0 spiro atoms. The average Bonchev–Trinajstić information content (AvgIpc) is 2.81. The number of carbonyl (C=O) groups excluding carboxylic acids is 1. The number of hydrogen-bond acceptors (Lipinski definition) is 6. The van der Waals surface area contributed by atoms with Gasteiger partial charge in [-0.1, -0.05) is 33.8 Å². The number of pyridine rings is 2. The van der Waals surface area contributed by atoms with E-state index in [1.165, 1.54) is 0 Å². The van der Waals surface area contributed by atoms with Crippen molar-refractivity contribution in [1.82, 2.24) is 9.97 Å². The Kier molecular flexibility index (Phi) is 9.79. The van der Waals surface area contributed by atoms with Crippen molar-refractivity contribution in [1.29, 1.82) is 0 Å². The number of nitrogens with zero attached hydrogens (tertiary/aromatic N) is 3. The third kappa shape index (κ3) is 8.23. The summed E-state index contributed by atoms with van der Waals surface area (Å²) in [4.78, 5) is 25.1. The number of alkyl halides is 1. The van der Waals surface area contributed by atoms with Crippen LogP contribution in [0.15, 0.2) is 24.5 Å². The first kappa shape index (κ1) is 31.0. The van der Waals surface area contributed by atoms with Gasteiger partial charge in [0.2, 0.25) is 0 Å². The lowest BCUT2D eigenvalue weighted by molar-refractivity contribution is -0.171. The van der Waals surface area contributed by atoms with E-state index in [2.05, 4.69) is 23.7 Å². The zero-order valence-electron chi connectivity index (χ0n) is 25.6. The molecule has 3 rings (SSSR count). The molecule has 0 amide bonds. The standard InChI is InChI=1S/C32H48FN3O3/c1-20(2)17-25(33)26-12-11-23(18-35-26)24-19-34-22(5)27(28(24)36-15-13-32(9,10)14-16-36)29(39-31(6,7)8)30(37)38-21(3)4/h11-12,18-21,25,29H,13-17H2,1-10H3. The monoisotopic (exact) mass is 541 g/mol. The molecule has 2 aromatic heterocycles. The number of carbonyl (C=O) groups is 1. The summed E-state index contributed by atoms with van der Waals surface area (Å²) < 4.78 is 26.9. The van der Waals surface area contributed by atoms with Gasteiger partial charge in [0.25, 0.3) is 0 Å². The highest BCUT2D eigenvalue weighted by Gasteiger charge is 2.37. The number of piperidine rings is 1. The first-order valence-corrected chi connectivity index (χ1v) is 14.3. The second kappa shape index (κ2) is 12.3. The highest BCUT2D eigenvalue weighted by Crippen LogP contribution is 2.43. The molecule has 0 N–H and O–H groups in total. The Morgan fingerprint density at radius 2 is 1.72 bits per heavy atom. The van der Waals surface area contributed by atoms with Gasteiger partial charge in [-0.2, -0.15) is 0 Å². The van der Waals surface area contributed by atoms with E-state index in [1.54, 1.807) is 12.3 Å². The Hall–Kier alpha value is -2.54. The van der Waals surface area contributed by atoms with E-state index < -0.39 is 23.8 Å². The van der Waals surface area contributed by atoms with Gasteiger partial charge in [0.05, 0.1) is 23.1 Å². The molecule has 216 valence electrons. The van der Waals surface area contributed by atoms with Crippen LogP contribution in [-0.4, -0.2) is 40.7 Å². The minimum absolute atomic E-state index is 0.241. The summed E-state index contributed by atoms with van der Waals surface area (Å²) in [5.74, 6) is -0.186. The van der Waals surface area contributed by atoms with Crippen LogP contribution in [0.1, 0.15) is 111 Å². The van der Waals surface area contributed by atoms with E-state index in [9.17, 15) is 9.18 Å². The molecule has 3 heterocycles. The molecular weight excluding hydrogens is 493 g/mol. The van der Waals surface area contributed by atoms with Crippen LogP contribution in [0.5, 0.6) is 0 Å². The molecule has 2 unspecified atom stereocenters. The minimum atomic E-state index is -1.11. The van der Waals surface area contributed by atoms with Crippen LogP contribution in [0.4, 0.5) is 10.1 Å². The molecule has 0 radical (unpaired) electrons. The van der Waals surface area contributed by atoms with Crippen LogP contribution in [0.3, 0.4) is 0 Å². The van der Waals surface area contributed by atoms with Gasteiger partial charge in [-0.3, -0.25) is 9.97 Å². The topological polar surface area (TPSA) is 64.5 Å². The summed E-state index contributed by atoms with van der Waals surface area (Å²) in [7, 11) is 0. The maximum atomic E-state index is 14.8. The van der Waals surface area contributed by atoms with Gasteiger partial charge < -0.3 is 14.4 Å². The molecule has 0 aliphatic carbocycles. The van der Waals surface area contributed by atoms with Crippen molar-refractivity contribution in [3.05, 3.63) is 41.5 Å². The van der Waals surface area contributed by atoms with Gasteiger partial charge in [-0.05, 0) is 78.2 Å². The number of aromatic nitrogens is 2. The fraction of sp³-hybridized carbons (Fsp3) is 0.656. The zero-order valence-corrected chi connectivity index (χ0v) is 25.6. The number of anilines is 1. The lowest BCUT2D eigenvalue weighted by Crippen LogP contribution is -2.39. The summed E-state index contributed by atoms with van der Waals surface area (Å²) in [6, 6.07) is 3.68. The van der Waals surface area contributed by atoms with Crippen molar-refractivity contribution in [2.75, 3.05) is 18.0 Å².